The molecule has 0 aliphatic carbocycles. The summed E-state index contributed by atoms with van der Waals surface area (Å²) in [7, 11) is 4.61. The molecule has 0 radical (unpaired) electrons. The molecule has 1 saturated heterocycles. The summed E-state index contributed by atoms with van der Waals surface area (Å²) in [5.74, 6) is 3.07. The third-order valence-corrected chi connectivity index (χ3v) is 6.26. The molecule has 0 bridgehead atoms. The quantitative estimate of drug-likeness (QED) is 0.645. The summed E-state index contributed by atoms with van der Waals surface area (Å²) in [6.07, 6.45) is 2.83. The first-order valence-corrected chi connectivity index (χ1v) is 11.2. The molecule has 33 heavy (non-hydrogen) atoms. The van der Waals surface area contributed by atoms with E-state index in [0.29, 0.717) is 58.1 Å². The van der Waals surface area contributed by atoms with Crippen LogP contribution in [0.5, 0.6) is 28.7 Å². The Labute approximate surface area is 194 Å². The van der Waals surface area contributed by atoms with Gasteiger partial charge in [0, 0.05) is 25.2 Å². The number of phenols is 1. The molecule has 0 aromatic heterocycles. The van der Waals surface area contributed by atoms with Crippen molar-refractivity contribution in [2.24, 2.45) is 11.8 Å². The van der Waals surface area contributed by atoms with Crippen LogP contribution in [0.25, 0.3) is 6.08 Å². The monoisotopic (exact) mass is 453 g/mol. The lowest BCUT2D eigenvalue weighted by molar-refractivity contribution is 0.101. The van der Waals surface area contributed by atoms with E-state index in [1.54, 1.807) is 37.5 Å². The minimum absolute atomic E-state index is 0.136. The highest BCUT2D eigenvalue weighted by molar-refractivity contribution is 6.15. The molecule has 2 aliphatic heterocycles. The Kier molecular flexibility index (Phi) is 6.51. The third-order valence-electron chi connectivity index (χ3n) is 6.26. The predicted molar refractivity (Wildman–Crippen MR) is 125 cm³/mol. The third kappa shape index (κ3) is 4.37. The van der Waals surface area contributed by atoms with Gasteiger partial charge in [0.25, 0.3) is 0 Å². The van der Waals surface area contributed by atoms with Crippen LogP contribution >= 0.6 is 0 Å². The number of ketones is 1. The number of nitrogens with zero attached hydrogens (tertiary/aromatic N) is 1. The largest absolute Gasteiger partial charge is 0.507 e. The fourth-order valence-corrected chi connectivity index (χ4v) is 4.97. The fourth-order valence-electron chi connectivity index (χ4n) is 4.97. The van der Waals surface area contributed by atoms with E-state index in [0.717, 1.165) is 13.1 Å². The summed E-state index contributed by atoms with van der Waals surface area (Å²) >= 11 is 0. The van der Waals surface area contributed by atoms with Crippen LogP contribution in [0, 0.1) is 11.8 Å². The van der Waals surface area contributed by atoms with Crippen molar-refractivity contribution in [3.8, 4) is 28.7 Å². The highest BCUT2D eigenvalue weighted by Gasteiger charge is 2.33. The minimum atomic E-state index is -0.233. The van der Waals surface area contributed by atoms with Gasteiger partial charge in [0.1, 0.15) is 11.5 Å². The predicted octanol–water partition coefficient (Wildman–Crippen LogP) is 4.51. The highest BCUT2D eigenvalue weighted by Crippen LogP contribution is 2.44. The summed E-state index contributed by atoms with van der Waals surface area (Å²) in [5.41, 5.74) is 1.71. The molecule has 4 rings (SSSR count). The number of ether oxygens (including phenoxy) is 4. The van der Waals surface area contributed by atoms with Gasteiger partial charge < -0.3 is 24.1 Å². The van der Waals surface area contributed by atoms with Crippen molar-refractivity contribution in [1.29, 1.82) is 0 Å². The average Bonchev–Trinajstić information content (AvgIpc) is 3.10. The van der Waals surface area contributed by atoms with Gasteiger partial charge in [-0.05, 0) is 48.6 Å². The Balaban J connectivity index is 1.68. The minimum Gasteiger partial charge on any atom is -0.507 e. The number of allylic oxidation sites excluding steroid dienone is 1. The second kappa shape index (κ2) is 9.35. The van der Waals surface area contributed by atoms with E-state index in [-0.39, 0.29) is 17.3 Å². The SMILES string of the molecule is COc1ccc(/C=C2\Oc3c(ccc(O)c3CN3C[C@H](C)C[C@@H](C)C3)C2=O)c(OC)c1OC. The molecular formula is C26H31NO6. The van der Waals surface area contributed by atoms with Crippen LogP contribution in [0.2, 0.25) is 0 Å². The number of carbonyl (C=O) groups is 1. The van der Waals surface area contributed by atoms with E-state index in [1.165, 1.54) is 20.6 Å². The van der Waals surface area contributed by atoms with Crippen LogP contribution in [-0.4, -0.2) is 50.2 Å². The number of Topliss-reactive ketones (excluding diaryl/α,β-unsaturated/α-hetero) is 1. The molecule has 176 valence electrons. The number of aromatic hydroxyl groups is 1. The molecule has 7 heteroatoms. The lowest BCUT2D eigenvalue weighted by Gasteiger charge is -2.35. The van der Waals surface area contributed by atoms with Crippen molar-refractivity contribution in [2.45, 2.75) is 26.8 Å². The molecular weight excluding hydrogens is 422 g/mol. The van der Waals surface area contributed by atoms with Gasteiger partial charge in [-0.15, -0.1) is 0 Å². The second-order valence-corrected chi connectivity index (χ2v) is 8.94. The molecule has 1 N–H and O–H groups in total. The zero-order valence-electron chi connectivity index (χ0n) is 19.8. The average molecular weight is 454 g/mol. The molecule has 0 saturated carbocycles. The van der Waals surface area contributed by atoms with E-state index in [2.05, 4.69) is 18.7 Å². The van der Waals surface area contributed by atoms with Crippen molar-refractivity contribution in [2.75, 3.05) is 34.4 Å². The van der Waals surface area contributed by atoms with Gasteiger partial charge in [-0.3, -0.25) is 9.69 Å². The van der Waals surface area contributed by atoms with Crippen LogP contribution in [-0.2, 0) is 6.54 Å². The number of hydrogen-bond acceptors (Lipinski definition) is 7. The first-order valence-electron chi connectivity index (χ1n) is 11.2. The lowest BCUT2D eigenvalue weighted by atomic mass is 9.91. The van der Waals surface area contributed by atoms with Crippen LogP contribution in [0.15, 0.2) is 30.0 Å². The van der Waals surface area contributed by atoms with Crippen LogP contribution in [0.4, 0.5) is 0 Å². The van der Waals surface area contributed by atoms with Gasteiger partial charge in [-0.1, -0.05) is 13.8 Å². The van der Waals surface area contributed by atoms with Gasteiger partial charge in [0.2, 0.25) is 11.5 Å². The number of likely N-dealkylation sites (tertiary alicyclic amines) is 1. The van der Waals surface area contributed by atoms with Crippen LogP contribution in [0.3, 0.4) is 0 Å². The Morgan fingerprint density at radius 1 is 1.03 bits per heavy atom. The first-order chi connectivity index (χ1) is 15.9. The maximum Gasteiger partial charge on any atom is 0.231 e. The first kappa shape index (κ1) is 23.0. The summed E-state index contributed by atoms with van der Waals surface area (Å²) < 4.78 is 22.4. The molecule has 0 spiro atoms. The molecule has 0 amide bonds. The molecule has 7 nitrogen and oxygen atoms in total. The van der Waals surface area contributed by atoms with E-state index in [4.69, 9.17) is 18.9 Å². The Bertz CT molecular complexity index is 1080. The van der Waals surface area contributed by atoms with Crippen molar-refractivity contribution in [3.63, 3.8) is 0 Å². The van der Waals surface area contributed by atoms with Gasteiger partial charge in [0.05, 0.1) is 32.5 Å². The smallest absolute Gasteiger partial charge is 0.231 e. The summed E-state index contributed by atoms with van der Waals surface area (Å²) in [4.78, 5) is 15.5. The molecule has 2 heterocycles. The van der Waals surface area contributed by atoms with E-state index < -0.39 is 0 Å². The number of rotatable bonds is 6. The maximum atomic E-state index is 13.2. The number of methoxy groups -OCH3 is 3. The Morgan fingerprint density at radius 2 is 1.73 bits per heavy atom. The molecule has 2 atom stereocenters. The van der Waals surface area contributed by atoms with Gasteiger partial charge in [-0.2, -0.15) is 0 Å². The Hall–Kier alpha value is -3.19. The summed E-state index contributed by atoms with van der Waals surface area (Å²) in [5, 5.41) is 10.6. The normalized spacial score (nSPS) is 21.6. The second-order valence-electron chi connectivity index (χ2n) is 8.94. The number of fused-ring (bicyclic) bond motifs is 1. The topological polar surface area (TPSA) is 77.5 Å². The zero-order valence-corrected chi connectivity index (χ0v) is 19.8. The molecule has 2 aromatic carbocycles. The maximum absolute atomic E-state index is 13.2. The van der Waals surface area contributed by atoms with Gasteiger partial charge in [-0.25, -0.2) is 0 Å². The van der Waals surface area contributed by atoms with Gasteiger partial charge >= 0.3 is 0 Å². The molecule has 2 aromatic rings. The molecule has 2 aliphatic rings. The summed E-state index contributed by atoms with van der Waals surface area (Å²) in [6, 6.07) is 6.72. The number of benzene rings is 2. The van der Waals surface area contributed by atoms with Crippen molar-refractivity contribution >= 4 is 11.9 Å². The van der Waals surface area contributed by atoms with Crippen molar-refractivity contribution < 1.29 is 28.8 Å². The molecule has 1 fully saturated rings. The van der Waals surface area contributed by atoms with E-state index in [9.17, 15) is 9.90 Å². The van der Waals surface area contributed by atoms with E-state index in [1.807, 2.05) is 0 Å². The van der Waals surface area contributed by atoms with Crippen molar-refractivity contribution in [3.05, 3.63) is 46.7 Å². The highest BCUT2D eigenvalue weighted by atomic mass is 16.5. The van der Waals surface area contributed by atoms with E-state index >= 15 is 0 Å². The number of phenolic OH excluding ortho intramolecular Hbond substituents is 1. The standard InChI is InChI=1S/C26H31NO6/c1-15-10-16(2)13-27(12-15)14-19-20(28)8-7-18-23(29)22(33-25(18)19)11-17-6-9-21(30-3)26(32-5)24(17)31-4/h6-9,11,15-16,28H,10,12-14H2,1-5H3/b22-11-/t15-,16-/m1/s1. The van der Waals surface area contributed by atoms with Crippen LogP contribution in [0.1, 0.15) is 41.8 Å². The number of carbonyl (C=O) groups excluding carboxylic acids is 1. The molecule has 0 unspecified atom stereocenters. The Morgan fingerprint density at radius 3 is 2.36 bits per heavy atom. The zero-order chi connectivity index (χ0) is 23.7. The summed E-state index contributed by atoms with van der Waals surface area (Å²) in [6.45, 7) is 6.93. The van der Waals surface area contributed by atoms with Crippen molar-refractivity contribution in [1.82, 2.24) is 4.90 Å². The van der Waals surface area contributed by atoms with Crippen LogP contribution < -0.4 is 18.9 Å². The van der Waals surface area contributed by atoms with Gasteiger partial charge in [0.15, 0.2) is 17.3 Å². The lowest BCUT2D eigenvalue weighted by Crippen LogP contribution is -2.38. The number of hydrogen-bond donors (Lipinski definition) is 1. The number of piperidine rings is 1. The fraction of sp³-hybridized carbons (Fsp3) is 0.423.